The van der Waals surface area contributed by atoms with Crippen molar-refractivity contribution in [2.45, 2.75) is 83.0 Å². The Morgan fingerprint density at radius 1 is 1.09 bits per heavy atom. The maximum Gasteiger partial charge on any atom is 0.422 e. The van der Waals surface area contributed by atoms with Gasteiger partial charge in [0.05, 0.1) is 11.7 Å². The van der Waals surface area contributed by atoms with E-state index in [9.17, 15) is 22.4 Å². The average molecular weight is 748 g/mol. The lowest BCUT2D eigenvalue weighted by molar-refractivity contribution is -0.153. The molecule has 3 atom stereocenters. The quantitative estimate of drug-likeness (QED) is 0.132. The van der Waals surface area contributed by atoms with Gasteiger partial charge in [0.25, 0.3) is 5.91 Å². The van der Waals surface area contributed by atoms with Crippen LogP contribution >= 0.6 is 0 Å². The van der Waals surface area contributed by atoms with E-state index in [1.54, 1.807) is 6.20 Å². The molecule has 3 aliphatic heterocycles. The van der Waals surface area contributed by atoms with Crippen molar-refractivity contribution in [3.8, 4) is 22.9 Å². The summed E-state index contributed by atoms with van der Waals surface area (Å²) in [5.74, 6) is -0.485. The lowest BCUT2D eigenvalue weighted by Gasteiger charge is -2.54. The average Bonchev–Trinajstić information content (AvgIpc) is 3.54. The topological polar surface area (TPSA) is 99.7 Å². The number of carbonyl (C=O) groups excluding carboxylic acids is 1. The van der Waals surface area contributed by atoms with Crippen molar-refractivity contribution in [3.63, 3.8) is 0 Å². The number of aromatic amines is 1. The Labute approximate surface area is 310 Å². The second kappa shape index (κ2) is 13.1. The summed E-state index contributed by atoms with van der Waals surface area (Å²) in [6.45, 7) is 9.93. The van der Waals surface area contributed by atoms with E-state index < -0.39 is 24.5 Å². The summed E-state index contributed by atoms with van der Waals surface area (Å²) in [7, 11) is 0. The van der Waals surface area contributed by atoms with Crippen LogP contribution in [0.25, 0.3) is 32.9 Å². The molecule has 1 spiro atoms. The highest BCUT2D eigenvalue weighted by Crippen LogP contribution is 2.53. The number of amides is 1. The fraction of sp³-hybridized carbons (Fsp3) is 0.550. The van der Waals surface area contributed by atoms with E-state index >= 15 is 0 Å². The molecule has 1 amide bonds. The lowest BCUT2D eigenvalue weighted by atomic mass is 9.72. The predicted molar refractivity (Wildman–Crippen MR) is 196 cm³/mol. The fourth-order valence-corrected chi connectivity index (χ4v) is 9.67. The number of anilines is 1. The Balaban J connectivity index is 1.17. The van der Waals surface area contributed by atoms with E-state index in [-0.39, 0.29) is 34.7 Å². The Bertz CT molecular complexity index is 2130. The van der Waals surface area contributed by atoms with Crippen molar-refractivity contribution in [3.05, 3.63) is 47.9 Å². The molecule has 14 heteroatoms. The minimum atomic E-state index is -4.59. The predicted octanol–water partition coefficient (Wildman–Crippen LogP) is 7.46. The molecule has 54 heavy (non-hydrogen) atoms. The summed E-state index contributed by atoms with van der Waals surface area (Å²) < 4.78 is 68.5. The molecule has 3 unspecified atom stereocenters. The second-order valence-corrected chi connectivity index (χ2v) is 16.3. The molecule has 5 aliphatic rings. The third kappa shape index (κ3) is 6.23. The number of aromatic nitrogens is 4. The first-order chi connectivity index (χ1) is 25.9. The molecule has 5 fully saturated rings. The first-order valence-corrected chi connectivity index (χ1v) is 19.2. The molecule has 2 aliphatic carbocycles. The van der Waals surface area contributed by atoms with Gasteiger partial charge >= 0.3 is 12.2 Å². The Hall–Kier alpha value is -4.46. The standard InChI is InChI=1S/C40H45F4N7O3/c1-4-11-50-18-25-14-26(50)15-31(25)54-38-46-34-28(36(47-38)49-12-9-39(10-13-49)19-51(20-39)37(52)23(3)41)16-27(24-6-7-24)33(35(34)53-21-40(42,43)44)32-22(2)5-8-30-29(32)17-45-48-30/h5,8,16-17,24-26,31H,3-4,6-7,9-15,18-21H2,1-2H3,(H,45,48). The maximum absolute atomic E-state index is 14.1. The van der Waals surface area contributed by atoms with E-state index in [0.29, 0.717) is 54.9 Å². The number of nitrogens with zero attached hydrogens (tertiary/aromatic N) is 6. The van der Waals surface area contributed by atoms with Crippen molar-refractivity contribution in [1.29, 1.82) is 0 Å². The molecule has 2 aromatic heterocycles. The number of hydrogen-bond acceptors (Lipinski definition) is 8. The van der Waals surface area contributed by atoms with Crippen molar-refractivity contribution in [1.82, 2.24) is 30.0 Å². The monoisotopic (exact) mass is 747 g/mol. The minimum Gasteiger partial charge on any atom is -0.481 e. The third-order valence-corrected chi connectivity index (χ3v) is 12.5. The molecule has 4 aromatic rings. The number of rotatable bonds is 10. The number of benzene rings is 2. The highest BCUT2D eigenvalue weighted by Gasteiger charge is 2.48. The highest BCUT2D eigenvalue weighted by atomic mass is 19.4. The Kier molecular flexibility index (Phi) is 8.55. The van der Waals surface area contributed by atoms with Crippen LogP contribution in [0.2, 0.25) is 0 Å². The molecular formula is C40H45F4N7O3. The number of hydrogen-bond donors (Lipinski definition) is 1. The summed E-state index contributed by atoms with van der Waals surface area (Å²) in [6.07, 6.45) is 3.28. The van der Waals surface area contributed by atoms with Gasteiger partial charge in [-0.15, -0.1) is 0 Å². The van der Waals surface area contributed by atoms with Gasteiger partial charge in [-0.1, -0.05) is 19.6 Å². The van der Waals surface area contributed by atoms with Gasteiger partial charge in [0, 0.05) is 72.9 Å². The molecule has 0 radical (unpaired) electrons. The summed E-state index contributed by atoms with van der Waals surface area (Å²) in [4.78, 5) is 28.4. The van der Waals surface area contributed by atoms with Crippen LogP contribution in [0.1, 0.15) is 68.9 Å². The van der Waals surface area contributed by atoms with Crippen LogP contribution in [0, 0.1) is 18.3 Å². The minimum absolute atomic E-state index is 0.0761. The number of likely N-dealkylation sites (tertiary alicyclic amines) is 2. The Morgan fingerprint density at radius 3 is 2.54 bits per heavy atom. The normalized spacial score (nSPS) is 23.8. The van der Waals surface area contributed by atoms with Crippen LogP contribution in [0.5, 0.6) is 11.8 Å². The zero-order valence-electron chi connectivity index (χ0n) is 30.6. The number of ether oxygens (including phenoxy) is 2. The molecule has 286 valence electrons. The van der Waals surface area contributed by atoms with Gasteiger partial charge in [0.2, 0.25) is 0 Å². The van der Waals surface area contributed by atoms with Crippen molar-refractivity contribution >= 4 is 33.5 Å². The zero-order chi connectivity index (χ0) is 37.5. The van der Waals surface area contributed by atoms with Crippen LogP contribution in [-0.4, -0.2) is 100 Å². The Morgan fingerprint density at radius 2 is 1.87 bits per heavy atom. The molecule has 9 rings (SSSR count). The number of nitrogens with one attached hydrogen (secondary N) is 1. The first-order valence-electron chi connectivity index (χ1n) is 19.2. The number of halogens is 4. The van der Waals surface area contributed by atoms with Gasteiger partial charge in [0.1, 0.15) is 17.4 Å². The number of piperidine rings is 2. The van der Waals surface area contributed by atoms with Gasteiger partial charge in [-0.3, -0.25) is 14.8 Å². The molecule has 1 N–H and O–H groups in total. The van der Waals surface area contributed by atoms with Gasteiger partial charge in [-0.05, 0) is 86.7 Å². The van der Waals surface area contributed by atoms with Gasteiger partial charge in [0.15, 0.2) is 18.2 Å². The molecular weight excluding hydrogens is 702 g/mol. The number of alkyl halides is 3. The van der Waals surface area contributed by atoms with E-state index in [1.807, 2.05) is 19.1 Å². The highest BCUT2D eigenvalue weighted by molar-refractivity contribution is 6.06. The third-order valence-electron chi connectivity index (χ3n) is 12.5. The van der Waals surface area contributed by atoms with Crippen LogP contribution in [0.3, 0.4) is 0 Å². The molecule has 10 nitrogen and oxygen atoms in total. The number of aryl methyl sites for hydroxylation is 1. The molecule has 2 saturated carbocycles. The van der Waals surface area contributed by atoms with Crippen LogP contribution in [-0.2, 0) is 4.79 Å². The lowest BCUT2D eigenvalue weighted by Crippen LogP contribution is -2.62. The molecule has 2 bridgehead atoms. The largest absolute Gasteiger partial charge is 0.481 e. The molecule has 2 aromatic carbocycles. The summed E-state index contributed by atoms with van der Waals surface area (Å²) >= 11 is 0. The van der Waals surface area contributed by atoms with Gasteiger partial charge < -0.3 is 19.3 Å². The van der Waals surface area contributed by atoms with E-state index in [2.05, 4.69) is 39.6 Å². The first kappa shape index (κ1) is 35.3. The van der Waals surface area contributed by atoms with E-state index in [4.69, 9.17) is 19.4 Å². The smallest absolute Gasteiger partial charge is 0.422 e. The summed E-state index contributed by atoms with van der Waals surface area (Å²) in [5, 5.41) is 8.72. The van der Waals surface area contributed by atoms with E-state index in [0.717, 1.165) is 85.6 Å². The maximum atomic E-state index is 14.1. The van der Waals surface area contributed by atoms with Crippen LogP contribution in [0.4, 0.5) is 23.4 Å². The number of H-pyrrole nitrogens is 1. The fourth-order valence-electron chi connectivity index (χ4n) is 9.67. The molecule has 3 saturated heterocycles. The van der Waals surface area contributed by atoms with Crippen molar-refractivity contribution in [2.75, 3.05) is 50.8 Å². The van der Waals surface area contributed by atoms with Crippen LogP contribution in [0.15, 0.2) is 36.8 Å². The van der Waals surface area contributed by atoms with Crippen molar-refractivity contribution in [2.24, 2.45) is 11.3 Å². The summed E-state index contributed by atoms with van der Waals surface area (Å²) in [6, 6.07) is 6.51. The summed E-state index contributed by atoms with van der Waals surface area (Å²) in [5.41, 5.74) is 4.10. The molecule has 5 heterocycles. The number of fused-ring (bicyclic) bond motifs is 4. The van der Waals surface area contributed by atoms with E-state index in [1.165, 1.54) is 4.90 Å². The zero-order valence-corrected chi connectivity index (χ0v) is 30.6. The SMILES string of the molecule is C=C(F)C(=O)N1CC2(CCN(c3nc(OC4CC5CC4CN5CCC)nc4c(OCC(F)(F)F)c(-c5c(C)ccc6[nH]ncc56)c(C5CC5)cc34)CC2)C1. The number of carbonyl (C=O) groups is 1. The van der Waals surface area contributed by atoms with Crippen molar-refractivity contribution < 1.29 is 31.8 Å². The second-order valence-electron chi connectivity index (χ2n) is 16.3. The van der Waals surface area contributed by atoms with Crippen LogP contribution < -0.4 is 14.4 Å². The van der Waals surface area contributed by atoms with Gasteiger partial charge in [-0.25, -0.2) is 4.39 Å². The van der Waals surface area contributed by atoms with Gasteiger partial charge in [-0.2, -0.15) is 28.2 Å².